The largest absolute Gasteiger partial charge is 0.489 e. The molecule has 0 N–H and O–H groups in total. The van der Waals surface area contributed by atoms with Gasteiger partial charge in [0.15, 0.2) is 0 Å². The van der Waals surface area contributed by atoms with Gasteiger partial charge >= 0.3 is 0 Å². The van der Waals surface area contributed by atoms with Crippen LogP contribution in [0.5, 0.6) is 5.75 Å². The lowest BCUT2D eigenvalue weighted by Gasteiger charge is -2.10. The minimum Gasteiger partial charge on any atom is -0.489 e. The molecule has 4 rings (SSSR count). The highest BCUT2D eigenvalue weighted by Crippen LogP contribution is 2.31. The van der Waals surface area contributed by atoms with Gasteiger partial charge in [-0.2, -0.15) is 0 Å². The summed E-state index contributed by atoms with van der Waals surface area (Å²) in [6.45, 7) is 0.849. The van der Waals surface area contributed by atoms with Gasteiger partial charge in [-0.15, -0.1) is 0 Å². The molecule has 0 fully saturated rings. The standard InChI is InChI=1S/C21H18ClN3O2/c1-26-14-25-20(12-17-18(22)8-10-24-21(17)25)19-11-16(7-9-23-19)27-13-15-5-3-2-4-6-15/h2-12H,13-14H2,1H3. The molecule has 0 radical (unpaired) electrons. The Morgan fingerprint density at radius 2 is 1.81 bits per heavy atom. The van der Waals surface area contributed by atoms with Crippen molar-refractivity contribution in [3.63, 3.8) is 0 Å². The van der Waals surface area contributed by atoms with E-state index < -0.39 is 0 Å². The fraction of sp³-hybridized carbons (Fsp3) is 0.143. The number of halogens is 1. The minimum absolute atomic E-state index is 0.350. The van der Waals surface area contributed by atoms with Crippen molar-refractivity contribution in [2.24, 2.45) is 0 Å². The molecule has 0 unspecified atom stereocenters. The van der Waals surface area contributed by atoms with Crippen LogP contribution in [0.25, 0.3) is 22.4 Å². The lowest BCUT2D eigenvalue weighted by Crippen LogP contribution is -2.03. The Balaban J connectivity index is 1.69. The first-order valence-electron chi connectivity index (χ1n) is 8.52. The van der Waals surface area contributed by atoms with Gasteiger partial charge in [-0.3, -0.25) is 9.55 Å². The topological polar surface area (TPSA) is 49.2 Å². The van der Waals surface area contributed by atoms with E-state index in [1.807, 2.05) is 53.1 Å². The molecule has 0 spiro atoms. The van der Waals surface area contributed by atoms with Crippen molar-refractivity contribution >= 4 is 22.6 Å². The zero-order chi connectivity index (χ0) is 18.6. The predicted octanol–water partition coefficient (Wildman–Crippen LogP) is 4.93. The number of aromatic nitrogens is 3. The highest BCUT2D eigenvalue weighted by atomic mass is 35.5. The molecule has 6 heteroatoms. The smallest absolute Gasteiger partial charge is 0.143 e. The zero-order valence-electron chi connectivity index (χ0n) is 14.8. The van der Waals surface area contributed by atoms with Crippen molar-refractivity contribution in [3.05, 3.63) is 77.6 Å². The molecule has 3 heterocycles. The summed E-state index contributed by atoms with van der Waals surface area (Å²) in [5.74, 6) is 0.747. The van der Waals surface area contributed by atoms with Gasteiger partial charge in [-0.05, 0) is 23.8 Å². The maximum absolute atomic E-state index is 6.34. The van der Waals surface area contributed by atoms with Crippen LogP contribution >= 0.6 is 11.6 Å². The van der Waals surface area contributed by atoms with Crippen LogP contribution in [0.1, 0.15) is 5.56 Å². The van der Waals surface area contributed by atoms with Gasteiger partial charge in [-0.1, -0.05) is 41.9 Å². The molecule has 0 saturated carbocycles. The average molecular weight is 380 g/mol. The summed E-state index contributed by atoms with van der Waals surface area (Å²) >= 11 is 6.34. The van der Waals surface area contributed by atoms with Gasteiger partial charge in [-0.25, -0.2) is 4.98 Å². The van der Waals surface area contributed by atoms with Crippen LogP contribution in [-0.4, -0.2) is 21.6 Å². The maximum Gasteiger partial charge on any atom is 0.143 e. The highest BCUT2D eigenvalue weighted by Gasteiger charge is 2.15. The zero-order valence-corrected chi connectivity index (χ0v) is 15.6. The van der Waals surface area contributed by atoms with Crippen LogP contribution in [0.3, 0.4) is 0 Å². The Morgan fingerprint density at radius 3 is 2.63 bits per heavy atom. The fourth-order valence-electron chi connectivity index (χ4n) is 2.97. The van der Waals surface area contributed by atoms with Gasteiger partial charge in [0, 0.05) is 31.0 Å². The molecule has 0 bridgehead atoms. The third-order valence-electron chi connectivity index (χ3n) is 4.24. The van der Waals surface area contributed by atoms with Crippen LogP contribution in [0, 0.1) is 0 Å². The number of fused-ring (bicyclic) bond motifs is 1. The third kappa shape index (κ3) is 3.65. The molecule has 1 aromatic carbocycles. The molecule has 27 heavy (non-hydrogen) atoms. The Bertz CT molecular complexity index is 1060. The van der Waals surface area contributed by atoms with E-state index in [0.29, 0.717) is 18.4 Å². The second-order valence-corrected chi connectivity index (χ2v) is 6.46. The molecule has 0 aliphatic rings. The van der Waals surface area contributed by atoms with Crippen LogP contribution in [0.2, 0.25) is 5.02 Å². The second kappa shape index (κ2) is 7.78. The summed E-state index contributed by atoms with van der Waals surface area (Å²) in [6, 6.07) is 17.6. The summed E-state index contributed by atoms with van der Waals surface area (Å²) in [4.78, 5) is 8.95. The first-order valence-corrected chi connectivity index (χ1v) is 8.90. The van der Waals surface area contributed by atoms with E-state index in [1.54, 1.807) is 25.6 Å². The molecule has 0 aliphatic heterocycles. The van der Waals surface area contributed by atoms with E-state index >= 15 is 0 Å². The van der Waals surface area contributed by atoms with E-state index in [0.717, 1.165) is 33.7 Å². The van der Waals surface area contributed by atoms with Gasteiger partial charge < -0.3 is 9.47 Å². The number of methoxy groups -OCH3 is 1. The van der Waals surface area contributed by atoms with Gasteiger partial charge in [0.1, 0.15) is 24.7 Å². The van der Waals surface area contributed by atoms with E-state index in [2.05, 4.69) is 9.97 Å². The Morgan fingerprint density at radius 1 is 1.00 bits per heavy atom. The van der Waals surface area contributed by atoms with Crippen molar-refractivity contribution in [1.82, 2.24) is 14.5 Å². The predicted molar refractivity (Wildman–Crippen MR) is 106 cm³/mol. The maximum atomic E-state index is 6.34. The van der Waals surface area contributed by atoms with Crippen LogP contribution in [0.15, 0.2) is 67.0 Å². The van der Waals surface area contributed by atoms with E-state index in [1.165, 1.54) is 0 Å². The summed E-state index contributed by atoms with van der Waals surface area (Å²) in [5, 5.41) is 1.51. The Kier molecular flexibility index (Phi) is 5.05. The van der Waals surface area contributed by atoms with Gasteiger partial charge in [0.25, 0.3) is 0 Å². The van der Waals surface area contributed by atoms with Crippen molar-refractivity contribution in [1.29, 1.82) is 0 Å². The Hall–Kier alpha value is -2.89. The van der Waals surface area contributed by atoms with Crippen molar-refractivity contribution in [2.75, 3.05) is 7.11 Å². The monoisotopic (exact) mass is 379 g/mol. The van der Waals surface area contributed by atoms with Crippen LogP contribution in [-0.2, 0) is 18.1 Å². The number of hydrogen-bond donors (Lipinski definition) is 0. The quantitative estimate of drug-likeness (QED) is 0.476. The van der Waals surface area contributed by atoms with Crippen molar-refractivity contribution in [3.8, 4) is 17.1 Å². The normalized spacial score (nSPS) is 11.0. The summed E-state index contributed by atoms with van der Waals surface area (Å²) in [5.41, 5.74) is 3.52. The first-order chi connectivity index (χ1) is 13.3. The average Bonchev–Trinajstić information content (AvgIpc) is 3.08. The van der Waals surface area contributed by atoms with Crippen molar-refractivity contribution in [2.45, 2.75) is 13.3 Å². The number of rotatable bonds is 6. The first kappa shape index (κ1) is 17.5. The Labute approximate surface area is 162 Å². The second-order valence-electron chi connectivity index (χ2n) is 6.06. The number of hydrogen-bond acceptors (Lipinski definition) is 4. The van der Waals surface area contributed by atoms with E-state index in [-0.39, 0.29) is 0 Å². The molecule has 0 amide bonds. The number of pyridine rings is 2. The summed E-state index contributed by atoms with van der Waals surface area (Å²) in [7, 11) is 1.65. The molecule has 0 atom stereocenters. The SMILES string of the molecule is COCn1c(-c2cc(OCc3ccccc3)ccn2)cc2c(Cl)ccnc21. The lowest BCUT2D eigenvalue weighted by molar-refractivity contribution is 0.135. The summed E-state index contributed by atoms with van der Waals surface area (Å²) < 4.78 is 13.2. The van der Waals surface area contributed by atoms with Gasteiger partial charge in [0.2, 0.25) is 0 Å². The van der Waals surface area contributed by atoms with Gasteiger partial charge in [0.05, 0.1) is 16.4 Å². The molecule has 0 saturated heterocycles. The lowest BCUT2D eigenvalue weighted by atomic mass is 10.2. The van der Waals surface area contributed by atoms with Crippen LogP contribution < -0.4 is 4.74 Å². The van der Waals surface area contributed by atoms with E-state index in [9.17, 15) is 0 Å². The number of ether oxygens (including phenoxy) is 2. The minimum atomic E-state index is 0.350. The summed E-state index contributed by atoms with van der Waals surface area (Å²) in [6.07, 6.45) is 3.42. The molecule has 5 nitrogen and oxygen atoms in total. The molecule has 0 aliphatic carbocycles. The number of benzene rings is 1. The highest BCUT2D eigenvalue weighted by molar-refractivity contribution is 6.35. The number of nitrogens with zero attached hydrogens (tertiary/aromatic N) is 3. The molecular formula is C21H18ClN3O2. The third-order valence-corrected chi connectivity index (χ3v) is 4.57. The fourth-order valence-corrected chi connectivity index (χ4v) is 3.17. The van der Waals surface area contributed by atoms with Crippen LogP contribution in [0.4, 0.5) is 0 Å². The van der Waals surface area contributed by atoms with E-state index in [4.69, 9.17) is 21.1 Å². The molecular weight excluding hydrogens is 362 g/mol. The molecule has 3 aromatic heterocycles. The molecule has 136 valence electrons. The molecule has 4 aromatic rings. The van der Waals surface area contributed by atoms with Crippen molar-refractivity contribution < 1.29 is 9.47 Å².